The minimum Gasteiger partial charge on any atom is -0.462 e. The smallest absolute Gasteiger partial charge is 0.338 e. The lowest BCUT2D eigenvalue weighted by atomic mass is 10.2. The summed E-state index contributed by atoms with van der Waals surface area (Å²) in [6, 6.07) is 10.2. The van der Waals surface area contributed by atoms with Gasteiger partial charge in [-0.2, -0.15) is 5.10 Å². The van der Waals surface area contributed by atoms with Gasteiger partial charge in [0.05, 0.1) is 23.1 Å². The maximum Gasteiger partial charge on any atom is 0.338 e. The van der Waals surface area contributed by atoms with Crippen LogP contribution in [0.5, 0.6) is 0 Å². The predicted molar refractivity (Wildman–Crippen MR) is 116 cm³/mol. The maximum atomic E-state index is 13.2. The van der Waals surface area contributed by atoms with Crippen LogP contribution in [0.25, 0.3) is 10.6 Å². The molecule has 1 N–H and O–H groups in total. The molecule has 1 aliphatic rings. The highest BCUT2D eigenvalue weighted by Gasteiger charge is 2.27. The fourth-order valence-electron chi connectivity index (χ4n) is 3.61. The van der Waals surface area contributed by atoms with Crippen molar-refractivity contribution in [2.45, 2.75) is 43.5 Å². The zero-order valence-corrected chi connectivity index (χ0v) is 18.2. The quantitative estimate of drug-likeness (QED) is 0.532. The van der Waals surface area contributed by atoms with Gasteiger partial charge < -0.3 is 4.74 Å². The number of esters is 1. The number of carbonyl (C=O) groups is 1. The van der Waals surface area contributed by atoms with Crippen LogP contribution in [0.4, 0.5) is 5.69 Å². The van der Waals surface area contributed by atoms with E-state index in [-0.39, 0.29) is 17.5 Å². The average molecular weight is 446 g/mol. The van der Waals surface area contributed by atoms with Crippen molar-refractivity contribution in [2.75, 3.05) is 11.3 Å². The highest BCUT2D eigenvalue weighted by molar-refractivity contribution is 7.92. The number of anilines is 1. The van der Waals surface area contributed by atoms with Gasteiger partial charge in [-0.25, -0.2) is 13.2 Å². The summed E-state index contributed by atoms with van der Waals surface area (Å²) in [7, 11) is -3.86. The summed E-state index contributed by atoms with van der Waals surface area (Å²) in [5.41, 5.74) is 1.20. The van der Waals surface area contributed by atoms with E-state index in [1.165, 1.54) is 23.5 Å². The summed E-state index contributed by atoms with van der Waals surface area (Å²) >= 11 is 1.46. The van der Waals surface area contributed by atoms with E-state index in [4.69, 9.17) is 4.74 Å². The van der Waals surface area contributed by atoms with Crippen LogP contribution in [0.2, 0.25) is 0 Å². The van der Waals surface area contributed by atoms with Gasteiger partial charge in [-0.1, -0.05) is 18.9 Å². The third-order valence-electron chi connectivity index (χ3n) is 5.09. The molecule has 0 bridgehead atoms. The van der Waals surface area contributed by atoms with Crippen molar-refractivity contribution in [3.05, 3.63) is 53.5 Å². The molecule has 9 heteroatoms. The van der Waals surface area contributed by atoms with Crippen molar-refractivity contribution in [3.8, 4) is 10.6 Å². The van der Waals surface area contributed by atoms with Crippen molar-refractivity contribution >= 4 is 33.0 Å². The lowest BCUT2D eigenvalue weighted by Gasteiger charge is -2.09. The second-order valence-electron chi connectivity index (χ2n) is 7.14. The first-order valence-electron chi connectivity index (χ1n) is 9.91. The molecule has 1 saturated carbocycles. The molecule has 0 saturated heterocycles. The van der Waals surface area contributed by atoms with Crippen LogP contribution in [0.3, 0.4) is 0 Å². The number of aromatic nitrogens is 2. The van der Waals surface area contributed by atoms with Crippen LogP contribution in [0.1, 0.15) is 49.0 Å². The number of sulfonamides is 1. The number of carbonyl (C=O) groups excluding carboxylic acids is 1. The van der Waals surface area contributed by atoms with Crippen molar-refractivity contribution in [3.63, 3.8) is 0 Å². The van der Waals surface area contributed by atoms with Gasteiger partial charge in [0, 0.05) is 11.9 Å². The molecular weight excluding hydrogens is 422 g/mol. The molecule has 4 rings (SSSR count). The molecule has 2 aromatic heterocycles. The Balaban J connectivity index is 1.64. The van der Waals surface area contributed by atoms with Crippen molar-refractivity contribution in [1.82, 2.24) is 9.78 Å². The lowest BCUT2D eigenvalue weighted by molar-refractivity contribution is 0.0526. The van der Waals surface area contributed by atoms with Gasteiger partial charge in [-0.05, 0) is 55.5 Å². The number of thiophene rings is 1. The molecule has 0 spiro atoms. The second-order valence-corrected chi connectivity index (χ2v) is 9.74. The topological polar surface area (TPSA) is 90.3 Å². The zero-order chi connectivity index (χ0) is 21.1. The molecule has 0 amide bonds. The molecule has 0 atom stereocenters. The van der Waals surface area contributed by atoms with Gasteiger partial charge in [0.25, 0.3) is 10.0 Å². The van der Waals surface area contributed by atoms with Crippen LogP contribution in [-0.4, -0.2) is 30.8 Å². The van der Waals surface area contributed by atoms with Crippen LogP contribution in [-0.2, 0) is 14.8 Å². The third kappa shape index (κ3) is 4.27. The van der Waals surface area contributed by atoms with Crippen LogP contribution in [0.15, 0.2) is 52.9 Å². The Bertz CT molecular complexity index is 1110. The van der Waals surface area contributed by atoms with Crippen molar-refractivity contribution in [2.24, 2.45) is 0 Å². The Hall–Kier alpha value is -2.65. The molecule has 7 nitrogen and oxygen atoms in total. The SMILES string of the molecule is CCOC(=O)c1ccc(NS(=O)(=O)c2cn(C3CCCC3)nc2-c2cccs2)cc1. The number of nitrogens with one attached hydrogen (secondary N) is 1. The number of nitrogens with zero attached hydrogens (tertiary/aromatic N) is 2. The molecule has 1 fully saturated rings. The van der Waals surface area contributed by atoms with Gasteiger partial charge in [0.15, 0.2) is 0 Å². The minimum absolute atomic E-state index is 0.159. The van der Waals surface area contributed by atoms with E-state index in [1.54, 1.807) is 29.9 Å². The summed E-state index contributed by atoms with van der Waals surface area (Å²) in [5.74, 6) is -0.440. The van der Waals surface area contributed by atoms with Gasteiger partial charge in [-0.3, -0.25) is 9.40 Å². The molecule has 0 unspecified atom stereocenters. The Kier molecular flexibility index (Phi) is 5.92. The molecule has 2 heterocycles. The normalized spacial score (nSPS) is 14.7. The fourth-order valence-corrected chi connectivity index (χ4v) is 5.61. The molecule has 0 aliphatic heterocycles. The molecule has 30 heavy (non-hydrogen) atoms. The van der Waals surface area contributed by atoms with E-state index in [0.29, 0.717) is 16.9 Å². The maximum absolute atomic E-state index is 13.2. The van der Waals surface area contributed by atoms with Crippen LogP contribution >= 0.6 is 11.3 Å². The molecule has 3 aromatic rings. The van der Waals surface area contributed by atoms with E-state index in [9.17, 15) is 13.2 Å². The summed E-state index contributed by atoms with van der Waals surface area (Å²) in [4.78, 5) is 12.8. The molecule has 1 aromatic carbocycles. The Morgan fingerprint density at radius 1 is 1.23 bits per heavy atom. The summed E-state index contributed by atoms with van der Waals surface area (Å²) in [5, 5.41) is 6.55. The van der Waals surface area contributed by atoms with E-state index in [0.717, 1.165) is 30.6 Å². The lowest BCUT2D eigenvalue weighted by Crippen LogP contribution is -2.13. The van der Waals surface area contributed by atoms with Gasteiger partial charge in [-0.15, -0.1) is 11.3 Å². The molecule has 158 valence electrons. The largest absolute Gasteiger partial charge is 0.462 e. The highest BCUT2D eigenvalue weighted by atomic mass is 32.2. The first-order chi connectivity index (χ1) is 14.5. The third-order valence-corrected chi connectivity index (χ3v) is 7.35. The molecule has 0 radical (unpaired) electrons. The zero-order valence-electron chi connectivity index (χ0n) is 16.6. The van der Waals surface area contributed by atoms with Gasteiger partial charge in [0.1, 0.15) is 10.6 Å². The summed E-state index contributed by atoms with van der Waals surface area (Å²) in [6.07, 6.45) is 5.92. The van der Waals surface area contributed by atoms with E-state index < -0.39 is 16.0 Å². The Morgan fingerprint density at radius 2 is 1.97 bits per heavy atom. The minimum atomic E-state index is -3.86. The van der Waals surface area contributed by atoms with E-state index in [2.05, 4.69) is 9.82 Å². The number of benzene rings is 1. The van der Waals surface area contributed by atoms with Crippen LogP contribution < -0.4 is 4.72 Å². The Labute approximate surface area is 179 Å². The van der Waals surface area contributed by atoms with Crippen molar-refractivity contribution in [1.29, 1.82) is 0 Å². The van der Waals surface area contributed by atoms with Gasteiger partial charge in [0.2, 0.25) is 0 Å². The standard InChI is InChI=1S/C21H23N3O4S2/c1-2-28-21(25)15-9-11-16(12-10-15)23-30(26,27)19-14-24(17-6-3-4-7-17)22-20(19)18-8-5-13-29-18/h5,8-14,17,23H,2-4,6-7H2,1H3. The molecule has 1 aliphatic carbocycles. The van der Waals surface area contributed by atoms with Crippen LogP contribution in [0, 0.1) is 0 Å². The second kappa shape index (κ2) is 8.61. The predicted octanol–water partition coefficient (Wildman–Crippen LogP) is 4.70. The number of hydrogen-bond acceptors (Lipinski definition) is 6. The Morgan fingerprint density at radius 3 is 2.60 bits per heavy atom. The number of ether oxygens (including phenoxy) is 1. The van der Waals surface area contributed by atoms with E-state index >= 15 is 0 Å². The average Bonchev–Trinajstić information content (AvgIpc) is 3.49. The van der Waals surface area contributed by atoms with Gasteiger partial charge >= 0.3 is 5.97 Å². The van der Waals surface area contributed by atoms with Crippen molar-refractivity contribution < 1.29 is 17.9 Å². The highest BCUT2D eigenvalue weighted by Crippen LogP contribution is 2.35. The van der Waals surface area contributed by atoms with E-state index in [1.807, 2.05) is 17.5 Å². The summed E-state index contributed by atoms with van der Waals surface area (Å²) < 4.78 is 35.8. The molecular formula is C21H23N3O4S2. The summed E-state index contributed by atoms with van der Waals surface area (Å²) in [6.45, 7) is 2.01. The number of hydrogen-bond donors (Lipinski definition) is 1. The fraction of sp³-hybridized carbons (Fsp3) is 0.333. The first kappa shape index (κ1) is 20.6. The monoisotopic (exact) mass is 445 g/mol. The first-order valence-corrected chi connectivity index (χ1v) is 12.3. The number of rotatable bonds is 7.